The van der Waals surface area contributed by atoms with Crippen molar-refractivity contribution in [2.24, 2.45) is 0 Å². The second kappa shape index (κ2) is 4.69. The van der Waals surface area contributed by atoms with Crippen LogP contribution in [-0.4, -0.2) is 37.3 Å². The summed E-state index contributed by atoms with van der Waals surface area (Å²) in [6.07, 6.45) is 3.61. The van der Waals surface area contributed by atoms with Gasteiger partial charge in [-0.2, -0.15) is 0 Å². The van der Waals surface area contributed by atoms with Crippen LogP contribution in [-0.2, 0) is 0 Å². The highest BCUT2D eigenvalue weighted by molar-refractivity contribution is 7.99. The van der Waals surface area contributed by atoms with Gasteiger partial charge in [0.05, 0.1) is 13.2 Å². The van der Waals surface area contributed by atoms with E-state index in [1.807, 2.05) is 0 Å². The Labute approximate surface area is 112 Å². The molecule has 1 aliphatic rings. The lowest BCUT2D eigenvalue weighted by Gasteiger charge is -2.07. The molecule has 0 N–H and O–H groups in total. The van der Waals surface area contributed by atoms with Crippen molar-refractivity contribution in [2.75, 3.05) is 7.11 Å². The van der Waals surface area contributed by atoms with E-state index < -0.39 is 0 Å². The molecule has 0 spiro atoms. The molecule has 1 aliphatic carbocycles. The quantitative estimate of drug-likeness (QED) is 0.789. The molecule has 0 aliphatic heterocycles. The Morgan fingerprint density at radius 2 is 2.28 bits per heavy atom. The van der Waals surface area contributed by atoms with Gasteiger partial charge in [0.15, 0.2) is 15.9 Å². The number of nitrogens with zero attached hydrogens (tertiary/aromatic N) is 6. The molecule has 9 heteroatoms. The summed E-state index contributed by atoms with van der Waals surface area (Å²) in [6, 6.07) is 0.408. The molecule has 7 nitrogen and oxygen atoms in total. The molecule has 0 aromatic carbocycles. The van der Waals surface area contributed by atoms with E-state index in [0.29, 0.717) is 22.0 Å². The van der Waals surface area contributed by atoms with Crippen molar-refractivity contribution in [2.45, 2.75) is 29.1 Å². The van der Waals surface area contributed by atoms with Gasteiger partial charge in [-0.3, -0.25) is 0 Å². The number of methoxy groups -OCH3 is 1. The lowest BCUT2D eigenvalue weighted by Crippen LogP contribution is -2.00. The van der Waals surface area contributed by atoms with E-state index in [4.69, 9.17) is 16.3 Å². The molecule has 94 valence electrons. The summed E-state index contributed by atoms with van der Waals surface area (Å²) in [5, 5.41) is 13.2. The normalized spacial score (nSPS) is 14.8. The van der Waals surface area contributed by atoms with Crippen molar-refractivity contribution in [3.05, 3.63) is 11.5 Å². The van der Waals surface area contributed by atoms with E-state index in [1.54, 1.807) is 4.68 Å². The Hall–Kier alpha value is -1.41. The monoisotopic (exact) mass is 284 g/mol. The summed E-state index contributed by atoms with van der Waals surface area (Å²) in [5.74, 6) is 0.439. The van der Waals surface area contributed by atoms with Crippen LogP contribution < -0.4 is 4.74 Å². The third-order valence-electron chi connectivity index (χ3n) is 2.48. The van der Waals surface area contributed by atoms with Gasteiger partial charge in [-0.1, -0.05) is 11.6 Å². The molecule has 18 heavy (non-hydrogen) atoms. The second-order valence-corrected chi connectivity index (χ2v) is 5.06. The molecular weight excluding hydrogens is 276 g/mol. The molecule has 1 fully saturated rings. The first-order valence-electron chi connectivity index (χ1n) is 5.30. The Kier molecular flexibility index (Phi) is 3.04. The molecule has 0 unspecified atom stereocenters. The van der Waals surface area contributed by atoms with Gasteiger partial charge in [-0.05, 0) is 35.0 Å². The molecule has 1 saturated carbocycles. The molecule has 2 aromatic rings. The van der Waals surface area contributed by atoms with Crippen molar-refractivity contribution in [3.8, 4) is 5.75 Å². The van der Waals surface area contributed by atoms with Gasteiger partial charge < -0.3 is 4.74 Å². The first-order chi connectivity index (χ1) is 8.79. The van der Waals surface area contributed by atoms with E-state index in [9.17, 15) is 0 Å². The molecule has 3 rings (SSSR count). The minimum atomic E-state index is 0.278. The summed E-state index contributed by atoms with van der Waals surface area (Å²) >= 11 is 7.26. The zero-order valence-corrected chi connectivity index (χ0v) is 11.0. The maximum atomic E-state index is 5.94. The van der Waals surface area contributed by atoms with E-state index in [0.717, 1.165) is 12.8 Å². The van der Waals surface area contributed by atoms with Crippen molar-refractivity contribution in [1.82, 2.24) is 30.2 Å². The highest BCUT2D eigenvalue weighted by atomic mass is 35.5. The van der Waals surface area contributed by atoms with Gasteiger partial charge in [0, 0.05) is 0 Å². The number of aromatic nitrogens is 6. The van der Waals surface area contributed by atoms with Crippen molar-refractivity contribution >= 4 is 23.4 Å². The van der Waals surface area contributed by atoms with Crippen LogP contribution in [0.15, 0.2) is 16.5 Å². The smallest absolute Gasteiger partial charge is 0.216 e. The van der Waals surface area contributed by atoms with Crippen molar-refractivity contribution < 1.29 is 4.74 Å². The van der Waals surface area contributed by atoms with E-state index in [2.05, 4.69) is 25.5 Å². The van der Waals surface area contributed by atoms with E-state index in [1.165, 1.54) is 25.2 Å². The number of ether oxygens (including phenoxy) is 1. The highest BCUT2D eigenvalue weighted by Crippen LogP contribution is 2.40. The fourth-order valence-corrected chi connectivity index (χ4v) is 2.64. The Morgan fingerprint density at radius 3 is 3.00 bits per heavy atom. The van der Waals surface area contributed by atoms with Crippen LogP contribution in [0.4, 0.5) is 0 Å². The van der Waals surface area contributed by atoms with Gasteiger partial charge in [-0.25, -0.2) is 14.6 Å². The van der Waals surface area contributed by atoms with Gasteiger partial charge >= 0.3 is 0 Å². The molecule has 0 radical (unpaired) electrons. The van der Waals surface area contributed by atoms with E-state index in [-0.39, 0.29) is 5.15 Å². The highest BCUT2D eigenvalue weighted by Gasteiger charge is 2.28. The van der Waals surface area contributed by atoms with Crippen LogP contribution in [0.2, 0.25) is 5.15 Å². The molecule has 0 bridgehead atoms. The largest absolute Gasteiger partial charge is 0.491 e. The number of halogens is 1. The molecule has 0 amide bonds. The van der Waals surface area contributed by atoms with Crippen molar-refractivity contribution in [3.63, 3.8) is 0 Å². The summed E-state index contributed by atoms with van der Waals surface area (Å²) in [6.45, 7) is 0. The van der Waals surface area contributed by atoms with Crippen LogP contribution >= 0.6 is 23.4 Å². The Balaban J connectivity index is 1.92. The zero-order valence-electron chi connectivity index (χ0n) is 9.45. The van der Waals surface area contributed by atoms with Gasteiger partial charge in [0.2, 0.25) is 5.16 Å². The average molecular weight is 285 g/mol. The van der Waals surface area contributed by atoms with Crippen LogP contribution in [0, 0.1) is 0 Å². The number of tetrazole rings is 1. The lowest BCUT2D eigenvalue weighted by molar-refractivity contribution is 0.398. The third-order valence-corrected chi connectivity index (χ3v) is 3.68. The lowest BCUT2D eigenvalue weighted by atomic mass is 10.6. The second-order valence-electron chi connectivity index (χ2n) is 3.74. The fourth-order valence-electron chi connectivity index (χ4n) is 1.47. The predicted octanol–water partition coefficient (Wildman–Crippen LogP) is 1.61. The topological polar surface area (TPSA) is 78.6 Å². The average Bonchev–Trinajstić information content (AvgIpc) is 3.11. The third kappa shape index (κ3) is 2.13. The number of hydrogen-bond acceptors (Lipinski definition) is 7. The standard InChI is InChI=1S/C9H9ClN6OS/c1-17-6-7(10)11-4-12-8(6)18-9-13-14-15-16(9)5-2-3-5/h4-5H,2-3H2,1H3. The molecule has 0 saturated heterocycles. The minimum Gasteiger partial charge on any atom is -0.491 e. The van der Waals surface area contributed by atoms with Crippen LogP contribution in [0.25, 0.3) is 0 Å². The maximum absolute atomic E-state index is 5.94. The van der Waals surface area contributed by atoms with E-state index >= 15 is 0 Å². The summed E-state index contributed by atoms with van der Waals surface area (Å²) in [4.78, 5) is 8.01. The summed E-state index contributed by atoms with van der Waals surface area (Å²) < 4.78 is 6.99. The first kappa shape index (κ1) is 11.7. The number of rotatable bonds is 4. The Morgan fingerprint density at radius 1 is 1.44 bits per heavy atom. The summed E-state index contributed by atoms with van der Waals surface area (Å²) in [5.41, 5.74) is 0. The zero-order chi connectivity index (χ0) is 12.5. The first-order valence-corrected chi connectivity index (χ1v) is 6.49. The Bertz CT molecular complexity index is 572. The number of hydrogen-bond donors (Lipinski definition) is 0. The van der Waals surface area contributed by atoms with Gasteiger partial charge in [0.1, 0.15) is 6.33 Å². The SMILES string of the molecule is COc1c(Cl)ncnc1Sc1nnnn1C1CC1. The van der Waals surface area contributed by atoms with Crippen LogP contribution in [0.5, 0.6) is 5.75 Å². The molecule has 2 aromatic heterocycles. The maximum Gasteiger partial charge on any atom is 0.216 e. The van der Waals surface area contributed by atoms with Crippen LogP contribution in [0.1, 0.15) is 18.9 Å². The molecule has 2 heterocycles. The van der Waals surface area contributed by atoms with Crippen molar-refractivity contribution in [1.29, 1.82) is 0 Å². The van der Waals surface area contributed by atoms with Crippen LogP contribution in [0.3, 0.4) is 0 Å². The van der Waals surface area contributed by atoms with Gasteiger partial charge in [0.25, 0.3) is 0 Å². The predicted molar refractivity (Wildman–Crippen MR) is 63.8 cm³/mol. The summed E-state index contributed by atoms with van der Waals surface area (Å²) in [7, 11) is 1.53. The minimum absolute atomic E-state index is 0.278. The fraction of sp³-hybridized carbons (Fsp3) is 0.444. The molecule has 0 atom stereocenters. The molecular formula is C9H9ClN6OS. The van der Waals surface area contributed by atoms with Gasteiger partial charge in [-0.15, -0.1) is 5.10 Å².